The molecule has 7 nitrogen and oxygen atoms in total. The maximum absolute atomic E-state index is 14.8. The fourth-order valence-electron chi connectivity index (χ4n) is 8.35. The van der Waals surface area contributed by atoms with Crippen molar-refractivity contribution in [3.8, 4) is 0 Å². The molecule has 1 amide bonds. The fraction of sp³-hybridized carbons (Fsp3) is 0.529. The first kappa shape index (κ1) is 28.0. The van der Waals surface area contributed by atoms with Gasteiger partial charge < -0.3 is 24.9 Å². The molecule has 218 valence electrons. The summed E-state index contributed by atoms with van der Waals surface area (Å²) in [5.74, 6) is -1.31. The van der Waals surface area contributed by atoms with Crippen LogP contribution < -0.4 is 5.32 Å². The van der Waals surface area contributed by atoms with Crippen LogP contribution in [0.2, 0.25) is 0 Å². The molecular formula is C34H42N2O5. The molecule has 4 aliphatic rings. The lowest BCUT2D eigenvalue weighted by Gasteiger charge is -2.46. The molecule has 1 spiro atoms. The molecular weight excluding hydrogens is 516 g/mol. The van der Waals surface area contributed by atoms with Crippen molar-refractivity contribution in [2.45, 2.75) is 70.8 Å². The molecule has 1 aromatic carbocycles. The van der Waals surface area contributed by atoms with Gasteiger partial charge >= 0.3 is 0 Å². The highest BCUT2D eigenvalue weighted by atomic mass is 16.6. The van der Waals surface area contributed by atoms with Crippen molar-refractivity contribution in [3.05, 3.63) is 72.2 Å². The maximum Gasteiger partial charge on any atom is 0.235 e. The normalized spacial score (nSPS) is 42.4. The molecule has 3 N–H and O–H groups in total. The first-order chi connectivity index (χ1) is 19.5. The minimum atomic E-state index is -1.32. The maximum atomic E-state index is 14.8. The second-order valence-corrected chi connectivity index (χ2v) is 13.0. The minimum absolute atomic E-state index is 0.0438. The number of amides is 1. The summed E-state index contributed by atoms with van der Waals surface area (Å²) in [6.07, 6.45) is 8.36. The second-order valence-electron chi connectivity index (χ2n) is 13.0. The number of aromatic amines is 1. The lowest BCUT2D eigenvalue weighted by atomic mass is 9.51. The van der Waals surface area contributed by atoms with E-state index in [0.717, 1.165) is 28.5 Å². The van der Waals surface area contributed by atoms with Gasteiger partial charge in [0.1, 0.15) is 11.2 Å². The number of fused-ring (bicyclic) bond motifs is 3. The van der Waals surface area contributed by atoms with E-state index in [4.69, 9.17) is 9.47 Å². The van der Waals surface area contributed by atoms with Gasteiger partial charge in [-0.1, -0.05) is 56.9 Å². The number of epoxide rings is 1. The summed E-state index contributed by atoms with van der Waals surface area (Å²) < 4.78 is 11.9. The van der Waals surface area contributed by atoms with Gasteiger partial charge in [-0.15, -0.1) is 0 Å². The Morgan fingerprint density at radius 2 is 2.00 bits per heavy atom. The largest absolute Gasteiger partial charge is 0.501 e. The molecule has 2 aromatic rings. The summed E-state index contributed by atoms with van der Waals surface area (Å²) in [4.78, 5) is 32.6. The van der Waals surface area contributed by atoms with Crippen LogP contribution in [0.1, 0.15) is 46.1 Å². The van der Waals surface area contributed by atoms with E-state index in [9.17, 15) is 14.7 Å². The van der Waals surface area contributed by atoms with Gasteiger partial charge in [0.2, 0.25) is 5.91 Å². The Balaban J connectivity index is 1.48. The number of carbonyl (C=O) groups excluding carboxylic acids is 2. The molecule has 3 fully saturated rings. The third-order valence-corrected chi connectivity index (χ3v) is 10.7. The van der Waals surface area contributed by atoms with Crippen molar-refractivity contribution >= 4 is 22.6 Å². The Labute approximate surface area is 242 Å². The number of allylic oxidation sites excluding steroid dienone is 2. The summed E-state index contributed by atoms with van der Waals surface area (Å²) in [5.41, 5.74) is 1.20. The van der Waals surface area contributed by atoms with E-state index in [1.54, 1.807) is 0 Å². The molecule has 0 bridgehead atoms. The lowest BCUT2D eigenvalue weighted by Crippen LogP contribution is -2.58. The Kier molecular flexibility index (Phi) is 6.82. The number of nitrogens with one attached hydrogen (secondary N) is 2. The van der Waals surface area contributed by atoms with Crippen LogP contribution in [0.5, 0.6) is 0 Å². The number of para-hydroxylation sites is 1. The Bertz CT molecular complexity index is 1460. The first-order valence-electron chi connectivity index (χ1n) is 14.9. The minimum Gasteiger partial charge on any atom is -0.501 e. The van der Waals surface area contributed by atoms with E-state index >= 15 is 0 Å². The number of methoxy groups -OCH3 is 1. The van der Waals surface area contributed by atoms with E-state index in [-0.39, 0.29) is 48.0 Å². The van der Waals surface area contributed by atoms with Crippen LogP contribution in [-0.2, 0) is 25.5 Å². The standard InChI is InChI=1S/C34H42N2O5/c1-18-10-9-12-25-31-33(5,41-31)20(3)29-27(15-22-17-35-26-13-8-7-11-23(22)26)36-32(39)34(25,29)28(37)16-24(21(4)40-6)30(38)19(2)14-18/h7-9,11-14,17-18,20,24-25,27,29-31,35,38H,4,10,15-16H2,1-3,5-6H3,(H,36,39)/b12-9+,19-14+/t18-,20-,24-,25-,27-,29-,30+,31-,33+,34+/m0/s1. The van der Waals surface area contributed by atoms with E-state index in [0.29, 0.717) is 12.2 Å². The van der Waals surface area contributed by atoms with Crippen molar-refractivity contribution in [1.29, 1.82) is 0 Å². The van der Waals surface area contributed by atoms with Crippen LogP contribution in [0, 0.1) is 35.0 Å². The molecule has 41 heavy (non-hydrogen) atoms. The summed E-state index contributed by atoms with van der Waals surface area (Å²) in [5, 5.41) is 15.9. The van der Waals surface area contributed by atoms with Gasteiger partial charge in [-0.3, -0.25) is 9.59 Å². The molecule has 0 unspecified atom stereocenters. The summed E-state index contributed by atoms with van der Waals surface area (Å²) in [7, 11) is 1.51. The van der Waals surface area contributed by atoms with Crippen molar-refractivity contribution in [2.75, 3.05) is 7.11 Å². The average molecular weight is 559 g/mol. The Morgan fingerprint density at radius 3 is 2.76 bits per heavy atom. The quantitative estimate of drug-likeness (QED) is 0.215. The first-order valence-corrected chi connectivity index (χ1v) is 14.9. The van der Waals surface area contributed by atoms with E-state index in [1.165, 1.54) is 7.11 Å². The molecule has 0 radical (unpaired) electrons. The number of aliphatic hydroxyl groups excluding tert-OH is 1. The number of hydrogen-bond donors (Lipinski definition) is 3. The van der Waals surface area contributed by atoms with Gasteiger partial charge in [0, 0.05) is 41.4 Å². The van der Waals surface area contributed by atoms with Crippen molar-refractivity contribution in [2.24, 2.45) is 35.0 Å². The highest BCUT2D eigenvalue weighted by Gasteiger charge is 2.78. The number of aromatic nitrogens is 1. The monoisotopic (exact) mass is 558 g/mol. The second kappa shape index (κ2) is 9.99. The lowest BCUT2D eigenvalue weighted by molar-refractivity contribution is -0.149. The highest BCUT2D eigenvalue weighted by molar-refractivity contribution is 6.09. The molecule has 3 heterocycles. The molecule has 1 aromatic heterocycles. The molecule has 2 saturated heterocycles. The van der Waals surface area contributed by atoms with E-state index < -0.39 is 29.0 Å². The van der Waals surface area contributed by atoms with Crippen LogP contribution in [0.25, 0.3) is 10.9 Å². The molecule has 2 aliphatic carbocycles. The number of carbonyl (C=O) groups is 2. The van der Waals surface area contributed by atoms with Crippen molar-refractivity contribution in [3.63, 3.8) is 0 Å². The molecule has 10 atom stereocenters. The number of benzene rings is 1. The van der Waals surface area contributed by atoms with Crippen LogP contribution in [-0.4, -0.2) is 52.7 Å². The van der Waals surface area contributed by atoms with Gasteiger partial charge in [0.15, 0.2) is 0 Å². The van der Waals surface area contributed by atoms with E-state index in [2.05, 4.69) is 61.9 Å². The van der Waals surface area contributed by atoms with Gasteiger partial charge in [-0.05, 0) is 55.7 Å². The number of aliphatic hydroxyl groups is 1. The number of hydrogen-bond acceptors (Lipinski definition) is 5. The van der Waals surface area contributed by atoms with Gasteiger partial charge in [-0.25, -0.2) is 0 Å². The SMILES string of the molecule is C=C(OC)[C@@H]1CC(=O)[C@@]23C(=O)N[C@@H](Cc4c[nH]c5ccccc45)[C@@H]2[C@H](C)[C@@]2(C)O[C@H]2[C@@H]3/C=C/C[C@H](C)/C=C(\C)[C@H]1O. The molecule has 1 saturated carbocycles. The molecule has 7 heteroatoms. The zero-order valence-corrected chi connectivity index (χ0v) is 24.6. The number of H-pyrrole nitrogens is 1. The fourth-order valence-corrected chi connectivity index (χ4v) is 8.35. The summed E-state index contributed by atoms with van der Waals surface area (Å²) >= 11 is 0. The summed E-state index contributed by atoms with van der Waals surface area (Å²) in [6, 6.07) is 7.90. The third-order valence-electron chi connectivity index (χ3n) is 10.7. The Morgan fingerprint density at radius 1 is 1.24 bits per heavy atom. The zero-order valence-electron chi connectivity index (χ0n) is 24.6. The number of ether oxygens (including phenoxy) is 2. The van der Waals surface area contributed by atoms with E-state index in [1.807, 2.05) is 31.3 Å². The summed E-state index contributed by atoms with van der Waals surface area (Å²) in [6.45, 7) is 12.3. The van der Waals surface area contributed by atoms with Crippen LogP contribution >= 0.6 is 0 Å². The molecule has 6 rings (SSSR count). The van der Waals surface area contributed by atoms with Crippen molar-refractivity contribution < 1.29 is 24.2 Å². The highest BCUT2D eigenvalue weighted by Crippen LogP contribution is 2.66. The third kappa shape index (κ3) is 4.15. The van der Waals surface area contributed by atoms with Crippen LogP contribution in [0.3, 0.4) is 0 Å². The predicted octanol–water partition coefficient (Wildman–Crippen LogP) is 4.87. The Hall–Kier alpha value is -3.16. The van der Waals surface area contributed by atoms with Gasteiger partial charge in [0.05, 0.1) is 36.6 Å². The van der Waals surface area contributed by atoms with Crippen LogP contribution in [0.4, 0.5) is 0 Å². The molecule has 2 aliphatic heterocycles. The zero-order chi connectivity index (χ0) is 29.3. The number of Topliss-reactive ketones (excluding diaryl/α,β-unsaturated/α-hetero) is 1. The topological polar surface area (TPSA) is 104 Å². The number of ketones is 1. The average Bonchev–Trinajstić information content (AvgIpc) is 3.35. The predicted molar refractivity (Wildman–Crippen MR) is 158 cm³/mol. The smallest absolute Gasteiger partial charge is 0.235 e. The van der Waals surface area contributed by atoms with Gasteiger partial charge in [-0.2, -0.15) is 0 Å². The van der Waals surface area contributed by atoms with Crippen LogP contribution in [0.15, 0.2) is 66.6 Å². The number of rotatable bonds is 4. The van der Waals surface area contributed by atoms with Gasteiger partial charge in [0.25, 0.3) is 0 Å². The van der Waals surface area contributed by atoms with Crippen molar-refractivity contribution in [1.82, 2.24) is 10.3 Å².